The highest BCUT2D eigenvalue weighted by molar-refractivity contribution is 7.07. The molecule has 3 rings (SSSR count). The first-order valence-corrected chi connectivity index (χ1v) is 7.90. The Balaban J connectivity index is 2.04. The van der Waals surface area contributed by atoms with Gasteiger partial charge in [0, 0.05) is 12.1 Å². The van der Waals surface area contributed by atoms with E-state index < -0.39 is 0 Å². The molecule has 0 amide bonds. The zero-order chi connectivity index (χ0) is 14.1. The summed E-state index contributed by atoms with van der Waals surface area (Å²) in [4.78, 5) is 4.44. The van der Waals surface area contributed by atoms with Crippen LogP contribution in [-0.2, 0) is 12.3 Å². The van der Waals surface area contributed by atoms with E-state index in [9.17, 15) is 4.39 Å². The summed E-state index contributed by atoms with van der Waals surface area (Å²) < 4.78 is 15.4. The second-order valence-corrected chi connectivity index (χ2v) is 5.90. The van der Waals surface area contributed by atoms with Crippen molar-refractivity contribution in [3.63, 3.8) is 0 Å². The third-order valence-corrected chi connectivity index (χ3v) is 4.37. The van der Waals surface area contributed by atoms with Gasteiger partial charge in [-0.25, -0.2) is 9.37 Å². The molecule has 104 valence electrons. The SMILES string of the molecule is CC(Cc1ccsc1)n1c(CCl)nc2cc(F)ccc21. The second-order valence-electron chi connectivity index (χ2n) is 4.85. The largest absolute Gasteiger partial charge is 0.324 e. The Morgan fingerprint density at radius 3 is 2.95 bits per heavy atom. The highest BCUT2D eigenvalue weighted by Crippen LogP contribution is 2.25. The fraction of sp³-hybridized carbons (Fsp3) is 0.267. The van der Waals surface area contributed by atoms with Gasteiger partial charge in [-0.05, 0) is 47.9 Å². The van der Waals surface area contributed by atoms with Gasteiger partial charge >= 0.3 is 0 Å². The first-order chi connectivity index (χ1) is 9.69. The summed E-state index contributed by atoms with van der Waals surface area (Å²) >= 11 is 7.69. The van der Waals surface area contributed by atoms with Gasteiger partial charge in [0.15, 0.2) is 0 Å². The van der Waals surface area contributed by atoms with E-state index in [0.717, 1.165) is 17.8 Å². The minimum absolute atomic E-state index is 0.230. The number of aromatic nitrogens is 2. The highest BCUT2D eigenvalue weighted by atomic mass is 35.5. The molecule has 0 aliphatic rings. The van der Waals surface area contributed by atoms with Crippen molar-refractivity contribution >= 4 is 34.0 Å². The van der Waals surface area contributed by atoms with Gasteiger partial charge in [0.2, 0.25) is 0 Å². The highest BCUT2D eigenvalue weighted by Gasteiger charge is 2.16. The molecule has 20 heavy (non-hydrogen) atoms. The molecule has 0 aliphatic heterocycles. The molecule has 1 atom stereocenters. The summed E-state index contributed by atoms with van der Waals surface area (Å²) in [7, 11) is 0. The molecular weight excluding hydrogens is 295 g/mol. The Kier molecular flexibility index (Phi) is 3.76. The maximum absolute atomic E-state index is 13.3. The Morgan fingerprint density at radius 1 is 1.40 bits per heavy atom. The zero-order valence-corrected chi connectivity index (χ0v) is 12.6. The van der Waals surface area contributed by atoms with Crippen LogP contribution in [0.25, 0.3) is 11.0 Å². The van der Waals surface area contributed by atoms with Crippen LogP contribution in [0.1, 0.15) is 24.4 Å². The van der Waals surface area contributed by atoms with E-state index in [1.54, 1.807) is 17.4 Å². The van der Waals surface area contributed by atoms with Crippen molar-refractivity contribution < 1.29 is 4.39 Å². The van der Waals surface area contributed by atoms with Crippen LogP contribution in [0.2, 0.25) is 0 Å². The number of hydrogen-bond acceptors (Lipinski definition) is 2. The lowest BCUT2D eigenvalue weighted by molar-refractivity contribution is 0.544. The first kappa shape index (κ1) is 13.6. The number of halogens is 2. The molecular formula is C15H14ClFN2S. The molecule has 0 spiro atoms. The van der Waals surface area contributed by atoms with Crippen LogP contribution in [0.4, 0.5) is 4.39 Å². The van der Waals surface area contributed by atoms with E-state index in [1.807, 2.05) is 0 Å². The molecule has 0 aliphatic carbocycles. The molecule has 0 saturated heterocycles. The fourth-order valence-corrected chi connectivity index (χ4v) is 3.42. The third kappa shape index (κ3) is 2.45. The summed E-state index contributed by atoms with van der Waals surface area (Å²) in [5.74, 6) is 0.841. The first-order valence-electron chi connectivity index (χ1n) is 6.42. The van der Waals surface area contributed by atoms with Crippen LogP contribution in [0, 0.1) is 5.82 Å². The van der Waals surface area contributed by atoms with Crippen molar-refractivity contribution in [1.29, 1.82) is 0 Å². The maximum Gasteiger partial charge on any atom is 0.125 e. The lowest BCUT2D eigenvalue weighted by atomic mass is 10.1. The van der Waals surface area contributed by atoms with E-state index in [4.69, 9.17) is 11.6 Å². The predicted octanol–water partition coefficient (Wildman–Crippen LogP) is 4.78. The number of benzene rings is 1. The van der Waals surface area contributed by atoms with E-state index in [0.29, 0.717) is 11.4 Å². The van der Waals surface area contributed by atoms with Crippen LogP contribution in [0.3, 0.4) is 0 Å². The minimum atomic E-state index is -0.270. The molecule has 0 N–H and O–H groups in total. The molecule has 1 unspecified atom stereocenters. The molecule has 3 aromatic rings. The number of fused-ring (bicyclic) bond motifs is 1. The third-order valence-electron chi connectivity index (χ3n) is 3.40. The van der Waals surface area contributed by atoms with Gasteiger partial charge in [-0.1, -0.05) is 0 Å². The molecule has 2 aromatic heterocycles. The quantitative estimate of drug-likeness (QED) is 0.634. The van der Waals surface area contributed by atoms with Crippen LogP contribution in [0.15, 0.2) is 35.0 Å². The van der Waals surface area contributed by atoms with Gasteiger partial charge in [0.25, 0.3) is 0 Å². The molecule has 0 fully saturated rings. The fourth-order valence-electron chi connectivity index (χ4n) is 2.55. The molecule has 0 saturated carbocycles. The van der Waals surface area contributed by atoms with Crippen molar-refractivity contribution in [3.8, 4) is 0 Å². The van der Waals surface area contributed by atoms with E-state index in [-0.39, 0.29) is 11.9 Å². The van der Waals surface area contributed by atoms with E-state index in [1.165, 1.54) is 17.7 Å². The Labute approximate surface area is 125 Å². The standard InChI is InChI=1S/C15H14ClFN2S/c1-10(6-11-4-5-20-9-11)19-14-3-2-12(17)7-13(14)18-15(19)8-16/h2-5,7,9-10H,6,8H2,1H3. The molecule has 2 nitrogen and oxygen atoms in total. The van der Waals surface area contributed by atoms with Crippen molar-refractivity contribution in [2.75, 3.05) is 0 Å². The minimum Gasteiger partial charge on any atom is -0.324 e. The van der Waals surface area contributed by atoms with Gasteiger partial charge in [0.05, 0.1) is 16.9 Å². The van der Waals surface area contributed by atoms with E-state index >= 15 is 0 Å². The zero-order valence-electron chi connectivity index (χ0n) is 11.0. The van der Waals surface area contributed by atoms with Gasteiger partial charge in [-0.2, -0.15) is 11.3 Å². The van der Waals surface area contributed by atoms with Crippen molar-refractivity contribution in [2.45, 2.75) is 25.3 Å². The van der Waals surface area contributed by atoms with Crippen molar-refractivity contribution in [3.05, 3.63) is 52.2 Å². The normalized spacial score (nSPS) is 12.9. The predicted molar refractivity (Wildman–Crippen MR) is 82.0 cm³/mol. The van der Waals surface area contributed by atoms with E-state index in [2.05, 4.69) is 33.3 Å². The number of hydrogen-bond donors (Lipinski definition) is 0. The van der Waals surface area contributed by atoms with Gasteiger partial charge < -0.3 is 4.57 Å². The lowest BCUT2D eigenvalue weighted by Crippen LogP contribution is -2.10. The average Bonchev–Trinajstić information content (AvgIpc) is 3.04. The summed E-state index contributed by atoms with van der Waals surface area (Å²) in [6.45, 7) is 2.14. The Morgan fingerprint density at radius 2 is 2.25 bits per heavy atom. The smallest absolute Gasteiger partial charge is 0.125 e. The van der Waals surface area contributed by atoms with Crippen LogP contribution in [-0.4, -0.2) is 9.55 Å². The molecule has 0 radical (unpaired) electrons. The molecule has 1 aromatic carbocycles. The molecule has 2 heterocycles. The number of alkyl halides is 1. The Hall–Kier alpha value is -1.39. The van der Waals surface area contributed by atoms with Crippen LogP contribution >= 0.6 is 22.9 Å². The molecule has 0 bridgehead atoms. The van der Waals surface area contributed by atoms with Crippen LogP contribution in [0.5, 0.6) is 0 Å². The van der Waals surface area contributed by atoms with Crippen molar-refractivity contribution in [2.24, 2.45) is 0 Å². The van der Waals surface area contributed by atoms with Crippen molar-refractivity contribution in [1.82, 2.24) is 9.55 Å². The summed E-state index contributed by atoms with van der Waals surface area (Å²) in [6.07, 6.45) is 0.913. The number of nitrogens with zero attached hydrogens (tertiary/aromatic N) is 2. The number of imidazole rings is 1. The van der Waals surface area contributed by atoms with Crippen LogP contribution < -0.4 is 0 Å². The number of thiophene rings is 1. The summed E-state index contributed by atoms with van der Waals surface area (Å²) in [5, 5.41) is 4.22. The molecule has 5 heteroatoms. The summed E-state index contributed by atoms with van der Waals surface area (Å²) in [6, 6.07) is 7.06. The monoisotopic (exact) mass is 308 g/mol. The van der Waals surface area contributed by atoms with Gasteiger partial charge in [-0.3, -0.25) is 0 Å². The average molecular weight is 309 g/mol. The van der Waals surface area contributed by atoms with Gasteiger partial charge in [0.1, 0.15) is 11.6 Å². The second kappa shape index (κ2) is 5.54. The van der Waals surface area contributed by atoms with Gasteiger partial charge in [-0.15, -0.1) is 11.6 Å². The number of rotatable bonds is 4. The topological polar surface area (TPSA) is 17.8 Å². The lowest BCUT2D eigenvalue weighted by Gasteiger charge is -2.16. The maximum atomic E-state index is 13.3. The summed E-state index contributed by atoms with van der Waals surface area (Å²) in [5.41, 5.74) is 2.90. The Bertz CT molecular complexity index is 721.